The molecule has 2 saturated carbocycles. The van der Waals surface area contributed by atoms with Crippen LogP contribution in [-0.4, -0.2) is 80.7 Å². The average molecular weight is 629 g/mol. The highest BCUT2D eigenvalue weighted by Gasteiger charge is 2.76. The number of ether oxygens (including phenoxy) is 3. The lowest BCUT2D eigenvalue weighted by Gasteiger charge is -2.61. The van der Waals surface area contributed by atoms with E-state index in [4.69, 9.17) is 18.6 Å². The van der Waals surface area contributed by atoms with Crippen molar-refractivity contribution >= 4 is 24.2 Å². The number of ketones is 1. The Morgan fingerprint density at radius 2 is 1.93 bits per heavy atom. The first-order chi connectivity index (χ1) is 21.0. The van der Waals surface area contributed by atoms with Crippen LogP contribution < -0.4 is 0 Å². The molecule has 1 aromatic rings. The number of carbonyl (C=O) groups excluding carboxylic acids is 4. The Morgan fingerprint density at radius 1 is 1.24 bits per heavy atom. The van der Waals surface area contributed by atoms with E-state index in [1.165, 1.54) is 38.5 Å². The van der Waals surface area contributed by atoms with Gasteiger partial charge in [0.1, 0.15) is 30.2 Å². The minimum atomic E-state index is -2.39. The van der Waals surface area contributed by atoms with Crippen LogP contribution in [0.15, 0.2) is 58.6 Å². The first-order valence-corrected chi connectivity index (χ1v) is 15.0. The summed E-state index contributed by atoms with van der Waals surface area (Å²) >= 11 is 0. The number of hydrogen-bond acceptors (Lipinski definition) is 12. The minimum Gasteiger partial charge on any atom is -0.507 e. The first-order valence-electron chi connectivity index (χ1n) is 15.0. The molecule has 3 aliphatic carbocycles. The summed E-state index contributed by atoms with van der Waals surface area (Å²) in [7, 11) is 0. The van der Waals surface area contributed by atoms with Crippen LogP contribution in [0.4, 0.5) is 0 Å². The van der Waals surface area contributed by atoms with Crippen molar-refractivity contribution in [3.05, 3.63) is 59.8 Å². The summed E-state index contributed by atoms with van der Waals surface area (Å²) in [6, 6.07) is 1.61. The number of furan rings is 1. The number of rotatable bonds is 8. The van der Waals surface area contributed by atoms with Crippen molar-refractivity contribution in [3.63, 3.8) is 0 Å². The molecular weight excluding hydrogens is 588 g/mol. The molecule has 12 nitrogen and oxygen atoms in total. The Hall–Kier alpha value is -3.74. The molecule has 4 aliphatic rings. The van der Waals surface area contributed by atoms with Crippen LogP contribution in [0.5, 0.6) is 0 Å². The molecule has 4 N–H and O–H groups in total. The van der Waals surface area contributed by atoms with E-state index in [2.05, 4.69) is 6.58 Å². The third-order valence-corrected chi connectivity index (χ3v) is 11.0. The second-order valence-electron chi connectivity index (χ2n) is 13.5. The topological polar surface area (TPSA) is 190 Å². The Morgan fingerprint density at radius 3 is 2.53 bits per heavy atom. The molecule has 3 fully saturated rings. The largest absolute Gasteiger partial charge is 0.507 e. The van der Waals surface area contributed by atoms with E-state index in [1.54, 1.807) is 26.8 Å². The summed E-state index contributed by atoms with van der Waals surface area (Å²) in [6.07, 6.45) is 1.13. The third-order valence-electron chi connectivity index (χ3n) is 11.0. The molecule has 1 aromatic heterocycles. The zero-order chi connectivity index (χ0) is 33.3. The zero-order valence-corrected chi connectivity index (χ0v) is 25.9. The van der Waals surface area contributed by atoms with E-state index in [0.29, 0.717) is 12.0 Å². The van der Waals surface area contributed by atoms with Gasteiger partial charge in [0, 0.05) is 29.6 Å². The van der Waals surface area contributed by atoms with Crippen molar-refractivity contribution in [2.45, 2.75) is 82.9 Å². The lowest BCUT2D eigenvalue weighted by Crippen LogP contribution is -2.71. The molecule has 2 heterocycles. The summed E-state index contributed by atoms with van der Waals surface area (Å²) in [5, 5.41) is 45.9. The molecule has 12 heteroatoms. The lowest BCUT2D eigenvalue weighted by molar-refractivity contribution is -0.227. The molecule has 0 bridgehead atoms. The Kier molecular flexibility index (Phi) is 7.95. The van der Waals surface area contributed by atoms with E-state index in [0.717, 1.165) is 0 Å². The second-order valence-corrected chi connectivity index (χ2v) is 13.5. The fourth-order valence-electron chi connectivity index (χ4n) is 8.45. The van der Waals surface area contributed by atoms with Gasteiger partial charge < -0.3 is 39.1 Å². The number of aliphatic hydroxyl groups is 4. The summed E-state index contributed by atoms with van der Waals surface area (Å²) < 4.78 is 22.2. The smallest absolute Gasteiger partial charge is 0.338 e. The molecule has 11 atom stereocenters. The van der Waals surface area contributed by atoms with Crippen molar-refractivity contribution in [2.75, 3.05) is 6.61 Å². The van der Waals surface area contributed by atoms with Gasteiger partial charge in [0.05, 0.1) is 23.5 Å². The monoisotopic (exact) mass is 628 g/mol. The highest BCUT2D eigenvalue weighted by atomic mass is 16.6. The Balaban J connectivity index is 1.76. The van der Waals surface area contributed by atoms with E-state index < -0.39 is 94.1 Å². The Labute approximate surface area is 260 Å². The number of carbonyl (C=O) groups is 4. The molecule has 45 heavy (non-hydrogen) atoms. The average Bonchev–Trinajstić information content (AvgIpc) is 3.60. The van der Waals surface area contributed by atoms with Crippen molar-refractivity contribution < 1.29 is 58.2 Å². The van der Waals surface area contributed by atoms with Gasteiger partial charge in [-0.1, -0.05) is 46.8 Å². The number of aliphatic hydroxyl groups excluding tert-OH is 2. The standard InChI is InChI=1S/C33H40O12/c1-7-16(2)24(37)29(39)45-27-25(44-15-34)23(30(4)10-8-20(35)22-26(30)31(5,40)14-43-28(22)38)17(3)33(41)21(36)12-19(32(27,33)6)18-9-11-42-13-18/h8-11,13,15-16,19,23-27,35,37,40-41H,3,7,12,14H2,1-2,4-6H3. The third kappa shape index (κ3) is 4.44. The first kappa shape index (κ1) is 32.6. The highest BCUT2D eigenvalue weighted by Crippen LogP contribution is 2.68. The number of allylic oxidation sites excluding steroid dienone is 2. The number of fused-ring (bicyclic) bond motifs is 2. The molecule has 11 unspecified atom stereocenters. The number of Topliss-reactive ketones (excluding diaryl/α,β-unsaturated/α-hetero) is 1. The van der Waals surface area contributed by atoms with Gasteiger partial charge in [-0.3, -0.25) is 9.59 Å². The van der Waals surface area contributed by atoms with Crippen LogP contribution in [-0.2, 0) is 33.4 Å². The molecule has 0 spiro atoms. The molecule has 0 radical (unpaired) electrons. The SMILES string of the molecule is C=C1C(C2(C)C=CC(O)=C3C(=O)OCC(C)(O)C32)C(OC=O)C(OC(=O)C(O)C(C)CC)C2(C)C(c3ccoc3)CC(=O)C12O. The fourth-order valence-corrected chi connectivity index (χ4v) is 8.45. The molecule has 244 valence electrons. The van der Waals surface area contributed by atoms with Crippen LogP contribution in [0.2, 0.25) is 0 Å². The number of hydrogen-bond donors (Lipinski definition) is 4. The van der Waals surface area contributed by atoms with Gasteiger partial charge in [0.25, 0.3) is 6.47 Å². The summed E-state index contributed by atoms with van der Waals surface area (Å²) in [6.45, 7) is 11.9. The summed E-state index contributed by atoms with van der Waals surface area (Å²) in [4.78, 5) is 52.8. The van der Waals surface area contributed by atoms with Gasteiger partial charge in [-0.25, -0.2) is 9.59 Å². The van der Waals surface area contributed by atoms with Crippen LogP contribution in [0.1, 0.15) is 58.9 Å². The molecule has 1 saturated heterocycles. The van der Waals surface area contributed by atoms with Crippen molar-refractivity contribution in [1.29, 1.82) is 0 Å². The van der Waals surface area contributed by atoms with Crippen LogP contribution in [0.25, 0.3) is 0 Å². The van der Waals surface area contributed by atoms with Gasteiger partial charge in [-0.15, -0.1) is 0 Å². The predicted octanol–water partition coefficient (Wildman–Crippen LogP) is 2.43. The van der Waals surface area contributed by atoms with Crippen LogP contribution in [0.3, 0.4) is 0 Å². The fraction of sp³-hybridized carbons (Fsp3) is 0.576. The maximum absolute atomic E-state index is 14.1. The molecule has 0 amide bonds. The van der Waals surface area contributed by atoms with Gasteiger partial charge in [-0.2, -0.15) is 0 Å². The normalized spacial score (nSPS) is 40.7. The number of esters is 2. The number of cyclic esters (lactones) is 1. The van der Waals surface area contributed by atoms with Crippen LogP contribution in [0, 0.1) is 28.6 Å². The van der Waals surface area contributed by atoms with Gasteiger partial charge in [0.2, 0.25) is 0 Å². The predicted molar refractivity (Wildman–Crippen MR) is 155 cm³/mol. The van der Waals surface area contributed by atoms with Gasteiger partial charge in [0.15, 0.2) is 17.5 Å². The zero-order valence-electron chi connectivity index (χ0n) is 25.9. The second kappa shape index (κ2) is 11.0. The van der Waals surface area contributed by atoms with Gasteiger partial charge in [-0.05, 0) is 36.1 Å². The lowest BCUT2D eigenvalue weighted by atomic mass is 9.46. The minimum absolute atomic E-state index is 0.0924. The van der Waals surface area contributed by atoms with Crippen molar-refractivity contribution in [2.24, 2.45) is 28.6 Å². The van der Waals surface area contributed by atoms with E-state index in [9.17, 15) is 39.6 Å². The van der Waals surface area contributed by atoms with E-state index >= 15 is 0 Å². The summed E-state index contributed by atoms with van der Waals surface area (Å²) in [5.41, 5.74) is -7.21. The molecular formula is C33H40O12. The van der Waals surface area contributed by atoms with Gasteiger partial charge >= 0.3 is 11.9 Å². The quantitative estimate of drug-likeness (QED) is 0.143. The maximum Gasteiger partial charge on any atom is 0.338 e. The van der Waals surface area contributed by atoms with Crippen LogP contribution >= 0.6 is 0 Å². The van der Waals surface area contributed by atoms with Crippen molar-refractivity contribution in [3.8, 4) is 0 Å². The highest BCUT2D eigenvalue weighted by molar-refractivity contribution is 5.96. The molecule has 5 rings (SSSR count). The summed E-state index contributed by atoms with van der Waals surface area (Å²) in [5.74, 6) is -6.85. The molecule has 0 aromatic carbocycles. The molecule has 1 aliphatic heterocycles. The Bertz CT molecular complexity index is 1470. The maximum atomic E-state index is 14.1. The van der Waals surface area contributed by atoms with E-state index in [1.807, 2.05) is 0 Å². The van der Waals surface area contributed by atoms with E-state index in [-0.39, 0.29) is 24.0 Å². The van der Waals surface area contributed by atoms with Crippen molar-refractivity contribution in [1.82, 2.24) is 0 Å².